The van der Waals surface area contributed by atoms with Gasteiger partial charge in [0.25, 0.3) is 0 Å². The molecule has 126 valence electrons. The Labute approximate surface area is 140 Å². The fourth-order valence-electron chi connectivity index (χ4n) is 3.06. The summed E-state index contributed by atoms with van der Waals surface area (Å²) in [6.07, 6.45) is 0.0511. The van der Waals surface area contributed by atoms with Gasteiger partial charge in [-0.25, -0.2) is 0 Å². The normalized spacial score (nSPS) is 20.3. The molecule has 0 bridgehead atoms. The molecule has 2 atom stereocenters. The van der Waals surface area contributed by atoms with Gasteiger partial charge in [0.05, 0.1) is 18.2 Å². The highest BCUT2D eigenvalue weighted by molar-refractivity contribution is 5.84. The second kappa shape index (κ2) is 6.97. The van der Waals surface area contributed by atoms with Gasteiger partial charge in [0.15, 0.2) is 0 Å². The Morgan fingerprint density at radius 3 is 2.83 bits per heavy atom. The molecule has 0 saturated carbocycles. The lowest BCUT2D eigenvalue weighted by Gasteiger charge is -2.16. The first-order chi connectivity index (χ1) is 11.5. The fraction of sp³-hybridized carbons (Fsp3) is 0.389. The number of β-amino-alcohol motifs (C(OH)–C–C–N with tert-alkyl or cyclic N) is 1. The smallest absolute Gasteiger partial charge is 0.242 e. The minimum Gasteiger partial charge on any atom is -0.391 e. The van der Waals surface area contributed by atoms with Gasteiger partial charge >= 0.3 is 0 Å². The van der Waals surface area contributed by atoms with E-state index in [9.17, 15) is 14.7 Å². The van der Waals surface area contributed by atoms with Crippen molar-refractivity contribution in [1.82, 2.24) is 15.2 Å². The number of nitrogens with zero attached hydrogens (tertiary/aromatic N) is 2. The largest absolute Gasteiger partial charge is 0.391 e. The summed E-state index contributed by atoms with van der Waals surface area (Å²) in [5, 5.41) is 13.8. The van der Waals surface area contributed by atoms with Crippen LogP contribution in [0, 0.1) is 5.92 Å². The summed E-state index contributed by atoms with van der Waals surface area (Å²) in [5.41, 5.74) is 1.84. The number of aliphatic hydroxyl groups is 1. The van der Waals surface area contributed by atoms with Gasteiger partial charge in [-0.3, -0.25) is 14.6 Å². The first-order valence-electron chi connectivity index (χ1n) is 8.08. The predicted octanol–water partition coefficient (Wildman–Crippen LogP) is 0.733. The lowest BCUT2D eigenvalue weighted by molar-refractivity contribution is -0.131. The molecule has 0 radical (unpaired) electrons. The van der Waals surface area contributed by atoms with Crippen LogP contribution in [0.3, 0.4) is 0 Å². The van der Waals surface area contributed by atoms with Crippen molar-refractivity contribution < 1.29 is 14.7 Å². The number of aromatic nitrogens is 1. The van der Waals surface area contributed by atoms with E-state index in [-0.39, 0.29) is 24.3 Å². The highest BCUT2D eigenvalue weighted by Crippen LogP contribution is 2.22. The third-order valence-corrected chi connectivity index (χ3v) is 4.38. The van der Waals surface area contributed by atoms with E-state index >= 15 is 0 Å². The standard InChI is InChI=1S/C18H21N3O3/c1-12(22)19-9-18(24)21-10-14(17(23)11-21)8-15-7-6-13-4-2-3-5-16(13)20-15/h2-7,14,17,23H,8-11H2,1H3,(H,19,22)/t14-,17-/m1/s1. The van der Waals surface area contributed by atoms with Gasteiger partial charge in [0, 0.05) is 37.0 Å². The van der Waals surface area contributed by atoms with Gasteiger partial charge in [-0.1, -0.05) is 24.3 Å². The van der Waals surface area contributed by atoms with E-state index < -0.39 is 6.10 Å². The van der Waals surface area contributed by atoms with Gasteiger partial charge in [-0.15, -0.1) is 0 Å². The van der Waals surface area contributed by atoms with Crippen LogP contribution < -0.4 is 5.32 Å². The summed E-state index contributed by atoms with van der Waals surface area (Å²) >= 11 is 0. The Hall–Kier alpha value is -2.47. The van der Waals surface area contributed by atoms with Crippen molar-refractivity contribution in [3.63, 3.8) is 0 Å². The fourth-order valence-corrected chi connectivity index (χ4v) is 3.06. The monoisotopic (exact) mass is 327 g/mol. The topological polar surface area (TPSA) is 82.5 Å². The summed E-state index contributed by atoms with van der Waals surface area (Å²) in [5.74, 6) is -0.446. The number of carbonyl (C=O) groups excluding carboxylic acids is 2. The van der Waals surface area contributed by atoms with Crippen LogP contribution in [-0.2, 0) is 16.0 Å². The molecule has 2 amide bonds. The molecule has 0 aliphatic carbocycles. The zero-order chi connectivity index (χ0) is 17.1. The van der Waals surface area contributed by atoms with Crippen LogP contribution in [-0.4, -0.2) is 52.5 Å². The van der Waals surface area contributed by atoms with Crippen LogP contribution in [0.2, 0.25) is 0 Å². The Morgan fingerprint density at radius 1 is 1.25 bits per heavy atom. The molecule has 6 nitrogen and oxygen atoms in total. The zero-order valence-corrected chi connectivity index (χ0v) is 13.6. The number of hydrogen-bond acceptors (Lipinski definition) is 4. The molecule has 24 heavy (non-hydrogen) atoms. The maximum absolute atomic E-state index is 12.1. The maximum atomic E-state index is 12.1. The van der Waals surface area contributed by atoms with Crippen LogP contribution in [0.15, 0.2) is 36.4 Å². The lowest BCUT2D eigenvalue weighted by Crippen LogP contribution is -2.38. The van der Waals surface area contributed by atoms with Gasteiger partial charge in [0.1, 0.15) is 0 Å². The molecule has 2 aromatic rings. The predicted molar refractivity (Wildman–Crippen MR) is 90.2 cm³/mol. The van der Waals surface area contributed by atoms with Crippen LogP contribution in [0.5, 0.6) is 0 Å². The summed E-state index contributed by atoms with van der Waals surface area (Å²) in [4.78, 5) is 29.2. The van der Waals surface area contributed by atoms with E-state index in [4.69, 9.17) is 0 Å². The molecule has 1 fully saturated rings. The first kappa shape index (κ1) is 16.4. The summed E-state index contributed by atoms with van der Waals surface area (Å²) < 4.78 is 0. The summed E-state index contributed by atoms with van der Waals surface area (Å²) in [7, 11) is 0. The van der Waals surface area contributed by atoms with E-state index in [1.54, 1.807) is 4.90 Å². The van der Waals surface area contributed by atoms with Crippen LogP contribution in [0.4, 0.5) is 0 Å². The number of likely N-dealkylation sites (tertiary alicyclic amines) is 1. The molecule has 0 spiro atoms. The number of hydrogen-bond donors (Lipinski definition) is 2. The average Bonchev–Trinajstić information content (AvgIpc) is 2.93. The molecule has 0 unspecified atom stereocenters. The third kappa shape index (κ3) is 3.71. The number of para-hydroxylation sites is 1. The molecule has 2 heterocycles. The molecule has 6 heteroatoms. The number of benzene rings is 1. The maximum Gasteiger partial charge on any atom is 0.242 e. The molecule has 1 aliphatic rings. The minimum atomic E-state index is -0.570. The first-order valence-corrected chi connectivity index (χ1v) is 8.08. The van der Waals surface area contributed by atoms with E-state index in [0.717, 1.165) is 16.6 Å². The second-order valence-corrected chi connectivity index (χ2v) is 6.24. The third-order valence-electron chi connectivity index (χ3n) is 4.38. The second-order valence-electron chi connectivity index (χ2n) is 6.24. The number of nitrogens with one attached hydrogen (secondary N) is 1. The van der Waals surface area contributed by atoms with Crippen molar-refractivity contribution in [2.45, 2.75) is 19.4 Å². The number of amides is 2. The van der Waals surface area contributed by atoms with Crippen molar-refractivity contribution in [1.29, 1.82) is 0 Å². The van der Waals surface area contributed by atoms with Crippen molar-refractivity contribution in [3.8, 4) is 0 Å². The molecule has 1 aliphatic heterocycles. The zero-order valence-electron chi connectivity index (χ0n) is 13.6. The van der Waals surface area contributed by atoms with Crippen molar-refractivity contribution in [2.24, 2.45) is 5.92 Å². The number of aliphatic hydroxyl groups excluding tert-OH is 1. The van der Waals surface area contributed by atoms with Gasteiger partial charge in [0.2, 0.25) is 11.8 Å². The SMILES string of the molecule is CC(=O)NCC(=O)N1C[C@@H](Cc2ccc3ccccc3n2)[C@H](O)C1. The number of fused-ring (bicyclic) bond motifs is 1. The van der Waals surface area contributed by atoms with E-state index in [1.807, 2.05) is 36.4 Å². The van der Waals surface area contributed by atoms with E-state index in [1.165, 1.54) is 6.92 Å². The molecular weight excluding hydrogens is 306 g/mol. The summed E-state index contributed by atoms with van der Waals surface area (Å²) in [6.45, 7) is 2.13. The molecule has 1 aromatic heterocycles. The Morgan fingerprint density at radius 2 is 2.04 bits per heavy atom. The Balaban J connectivity index is 1.64. The lowest BCUT2D eigenvalue weighted by atomic mass is 9.99. The highest BCUT2D eigenvalue weighted by atomic mass is 16.3. The quantitative estimate of drug-likeness (QED) is 0.867. The van der Waals surface area contributed by atoms with Crippen LogP contribution in [0.25, 0.3) is 10.9 Å². The average molecular weight is 327 g/mol. The van der Waals surface area contributed by atoms with Crippen molar-refractivity contribution in [2.75, 3.05) is 19.6 Å². The van der Waals surface area contributed by atoms with E-state index in [0.29, 0.717) is 19.5 Å². The van der Waals surface area contributed by atoms with Crippen molar-refractivity contribution >= 4 is 22.7 Å². The van der Waals surface area contributed by atoms with Crippen LogP contribution in [0.1, 0.15) is 12.6 Å². The molecule has 1 aromatic carbocycles. The van der Waals surface area contributed by atoms with E-state index in [2.05, 4.69) is 10.3 Å². The van der Waals surface area contributed by atoms with Crippen LogP contribution >= 0.6 is 0 Å². The minimum absolute atomic E-state index is 0.0248. The van der Waals surface area contributed by atoms with Gasteiger partial charge < -0.3 is 15.3 Å². The Bertz CT molecular complexity index is 762. The Kier molecular flexibility index (Phi) is 4.76. The summed E-state index contributed by atoms with van der Waals surface area (Å²) in [6, 6.07) is 11.9. The number of pyridine rings is 1. The van der Waals surface area contributed by atoms with Gasteiger partial charge in [-0.05, 0) is 18.6 Å². The molecule has 1 saturated heterocycles. The number of rotatable bonds is 4. The molecule has 3 rings (SSSR count). The van der Waals surface area contributed by atoms with Crippen molar-refractivity contribution in [3.05, 3.63) is 42.1 Å². The van der Waals surface area contributed by atoms with Gasteiger partial charge in [-0.2, -0.15) is 0 Å². The molecular formula is C18H21N3O3. The molecule has 2 N–H and O–H groups in total. The number of carbonyl (C=O) groups is 2. The highest BCUT2D eigenvalue weighted by Gasteiger charge is 2.34.